The van der Waals surface area contributed by atoms with Crippen molar-refractivity contribution in [3.05, 3.63) is 41.6 Å². The summed E-state index contributed by atoms with van der Waals surface area (Å²) in [6.07, 6.45) is 12.2. The fraction of sp³-hybridized carbons (Fsp3) is 0.526. The summed E-state index contributed by atoms with van der Waals surface area (Å²) in [7, 11) is 0. The molecule has 0 bridgehead atoms. The summed E-state index contributed by atoms with van der Waals surface area (Å²) in [5, 5.41) is 1.31. The van der Waals surface area contributed by atoms with E-state index in [0.29, 0.717) is 0 Å². The molecule has 0 amide bonds. The van der Waals surface area contributed by atoms with Gasteiger partial charge in [0.05, 0.1) is 5.52 Å². The Bertz CT molecular complexity index is 486. The van der Waals surface area contributed by atoms with E-state index < -0.39 is 0 Å². The first-order chi connectivity index (χ1) is 9.83. The number of aromatic nitrogens is 1. The molecule has 2 rings (SSSR count). The van der Waals surface area contributed by atoms with Gasteiger partial charge in [-0.15, -0.1) is 0 Å². The number of hydrogen-bond acceptors (Lipinski definition) is 1. The molecule has 1 heteroatoms. The number of pyridine rings is 1. The number of rotatable bonds is 8. The fourth-order valence-corrected chi connectivity index (χ4v) is 2.68. The van der Waals surface area contributed by atoms with E-state index in [1.54, 1.807) is 0 Å². The molecule has 0 saturated carbocycles. The van der Waals surface area contributed by atoms with Gasteiger partial charge in [-0.1, -0.05) is 45.6 Å². The van der Waals surface area contributed by atoms with E-state index in [1.165, 1.54) is 61.5 Å². The average molecular weight is 269 g/mol. The number of hydrogen-bond donors (Lipinski definition) is 0. The van der Waals surface area contributed by atoms with Crippen LogP contribution in [-0.2, 0) is 12.8 Å². The molecule has 0 fully saturated rings. The molecule has 0 aliphatic rings. The third kappa shape index (κ3) is 4.33. The molecule has 1 nitrogen and oxygen atoms in total. The van der Waals surface area contributed by atoms with Crippen LogP contribution in [0.3, 0.4) is 0 Å². The van der Waals surface area contributed by atoms with Gasteiger partial charge in [0, 0.05) is 11.6 Å². The number of aryl methyl sites for hydroxylation is 2. The molecule has 0 N–H and O–H groups in total. The first kappa shape index (κ1) is 15.0. The molecule has 2 aromatic rings. The standard InChI is InChI=1S/C19H27N/c1-3-5-7-9-16-11-12-19-18(13-16)14-17(15-20-19)10-8-6-4-2/h11-15H,3-10H2,1-2H3. The van der Waals surface area contributed by atoms with E-state index in [4.69, 9.17) is 0 Å². The van der Waals surface area contributed by atoms with E-state index in [0.717, 1.165) is 11.9 Å². The van der Waals surface area contributed by atoms with Gasteiger partial charge < -0.3 is 0 Å². The van der Waals surface area contributed by atoms with E-state index in [2.05, 4.69) is 49.3 Å². The lowest BCUT2D eigenvalue weighted by atomic mass is 10.0. The van der Waals surface area contributed by atoms with Crippen molar-refractivity contribution in [2.45, 2.75) is 65.2 Å². The Kier molecular flexibility index (Phi) is 6.04. The third-order valence-corrected chi connectivity index (χ3v) is 3.94. The second-order valence-corrected chi connectivity index (χ2v) is 5.78. The van der Waals surface area contributed by atoms with E-state index >= 15 is 0 Å². The van der Waals surface area contributed by atoms with Crippen LogP contribution in [0.15, 0.2) is 30.5 Å². The lowest BCUT2D eigenvalue weighted by molar-refractivity contribution is 0.716. The molecule has 1 aromatic carbocycles. The van der Waals surface area contributed by atoms with E-state index in [9.17, 15) is 0 Å². The van der Waals surface area contributed by atoms with Gasteiger partial charge in [-0.2, -0.15) is 0 Å². The molecule has 0 aliphatic heterocycles. The van der Waals surface area contributed by atoms with Crippen LogP contribution >= 0.6 is 0 Å². The minimum Gasteiger partial charge on any atom is -0.256 e. The van der Waals surface area contributed by atoms with Crippen molar-refractivity contribution < 1.29 is 0 Å². The average Bonchev–Trinajstić information content (AvgIpc) is 2.47. The Balaban J connectivity index is 2.08. The van der Waals surface area contributed by atoms with Crippen LogP contribution in [0.5, 0.6) is 0 Å². The van der Waals surface area contributed by atoms with Gasteiger partial charge in [0.15, 0.2) is 0 Å². The normalized spacial score (nSPS) is 11.1. The fourth-order valence-electron chi connectivity index (χ4n) is 2.68. The smallest absolute Gasteiger partial charge is 0.0702 e. The maximum atomic E-state index is 4.60. The van der Waals surface area contributed by atoms with Gasteiger partial charge in [0.1, 0.15) is 0 Å². The first-order valence-electron chi connectivity index (χ1n) is 8.21. The predicted octanol–water partition coefficient (Wildman–Crippen LogP) is 5.70. The van der Waals surface area contributed by atoms with Crippen LogP contribution < -0.4 is 0 Å². The molecule has 108 valence electrons. The zero-order valence-corrected chi connectivity index (χ0v) is 13.0. The number of benzene rings is 1. The molecule has 0 saturated heterocycles. The van der Waals surface area contributed by atoms with Gasteiger partial charge in [0.25, 0.3) is 0 Å². The van der Waals surface area contributed by atoms with Crippen molar-refractivity contribution in [1.82, 2.24) is 4.98 Å². The summed E-state index contributed by atoms with van der Waals surface area (Å²) in [5.41, 5.74) is 3.97. The summed E-state index contributed by atoms with van der Waals surface area (Å²) in [5.74, 6) is 0. The largest absolute Gasteiger partial charge is 0.256 e. The van der Waals surface area contributed by atoms with Gasteiger partial charge in [-0.3, -0.25) is 4.98 Å². The van der Waals surface area contributed by atoms with Crippen molar-refractivity contribution >= 4 is 10.9 Å². The Morgan fingerprint density at radius 3 is 2.15 bits per heavy atom. The number of unbranched alkanes of at least 4 members (excludes halogenated alkanes) is 4. The highest BCUT2D eigenvalue weighted by molar-refractivity contribution is 5.79. The van der Waals surface area contributed by atoms with Crippen LogP contribution in [-0.4, -0.2) is 4.98 Å². The Labute approximate surface area is 123 Å². The molecule has 1 heterocycles. The molecular weight excluding hydrogens is 242 g/mol. The predicted molar refractivity (Wildman–Crippen MR) is 88.2 cm³/mol. The summed E-state index contributed by atoms with van der Waals surface area (Å²) >= 11 is 0. The zero-order chi connectivity index (χ0) is 14.2. The second-order valence-electron chi connectivity index (χ2n) is 5.78. The molecule has 20 heavy (non-hydrogen) atoms. The molecule has 0 unspecified atom stereocenters. The molecular formula is C19H27N. The van der Waals surface area contributed by atoms with Crippen LogP contribution in [0.2, 0.25) is 0 Å². The highest BCUT2D eigenvalue weighted by atomic mass is 14.6. The van der Waals surface area contributed by atoms with Gasteiger partial charge in [-0.05, 0) is 55.0 Å². The minimum absolute atomic E-state index is 1.13. The summed E-state index contributed by atoms with van der Waals surface area (Å²) < 4.78 is 0. The van der Waals surface area contributed by atoms with Crippen molar-refractivity contribution in [1.29, 1.82) is 0 Å². The van der Waals surface area contributed by atoms with Gasteiger partial charge >= 0.3 is 0 Å². The molecule has 0 spiro atoms. The van der Waals surface area contributed by atoms with Crippen molar-refractivity contribution in [2.75, 3.05) is 0 Å². The van der Waals surface area contributed by atoms with Crippen LogP contribution in [0.4, 0.5) is 0 Å². The molecule has 0 aliphatic carbocycles. The lowest BCUT2D eigenvalue weighted by Gasteiger charge is -2.06. The Hall–Kier alpha value is -1.37. The molecule has 0 atom stereocenters. The molecule has 0 radical (unpaired) electrons. The lowest BCUT2D eigenvalue weighted by Crippen LogP contribution is -1.90. The maximum absolute atomic E-state index is 4.60. The Morgan fingerprint density at radius 1 is 0.800 bits per heavy atom. The minimum atomic E-state index is 1.13. The quantitative estimate of drug-likeness (QED) is 0.560. The highest BCUT2D eigenvalue weighted by Crippen LogP contribution is 2.18. The maximum Gasteiger partial charge on any atom is 0.0702 e. The van der Waals surface area contributed by atoms with Gasteiger partial charge in [0.2, 0.25) is 0 Å². The van der Waals surface area contributed by atoms with E-state index in [-0.39, 0.29) is 0 Å². The second kappa shape index (κ2) is 8.04. The summed E-state index contributed by atoms with van der Waals surface area (Å²) in [4.78, 5) is 4.60. The van der Waals surface area contributed by atoms with Crippen LogP contribution in [0.1, 0.15) is 63.5 Å². The monoisotopic (exact) mass is 269 g/mol. The number of nitrogens with zero attached hydrogens (tertiary/aromatic N) is 1. The van der Waals surface area contributed by atoms with Gasteiger partial charge in [-0.25, -0.2) is 0 Å². The first-order valence-corrected chi connectivity index (χ1v) is 8.21. The SMILES string of the molecule is CCCCCc1ccc2ncc(CCCCC)cc2c1. The van der Waals surface area contributed by atoms with Crippen LogP contribution in [0, 0.1) is 0 Å². The van der Waals surface area contributed by atoms with Crippen molar-refractivity contribution in [2.24, 2.45) is 0 Å². The number of fused-ring (bicyclic) bond motifs is 1. The van der Waals surface area contributed by atoms with E-state index in [1.807, 2.05) is 0 Å². The summed E-state index contributed by atoms with van der Waals surface area (Å²) in [6.45, 7) is 4.51. The van der Waals surface area contributed by atoms with Crippen molar-refractivity contribution in [3.63, 3.8) is 0 Å². The van der Waals surface area contributed by atoms with Crippen molar-refractivity contribution in [3.8, 4) is 0 Å². The third-order valence-electron chi connectivity index (χ3n) is 3.94. The Morgan fingerprint density at radius 2 is 1.45 bits per heavy atom. The van der Waals surface area contributed by atoms with Crippen LogP contribution in [0.25, 0.3) is 10.9 Å². The zero-order valence-electron chi connectivity index (χ0n) is 13.0. The summed E-state index contributed by atoms with van der Waals surface area (Å²) in [6, 6.07) is 9.08. The topological polar surface area (TPSA) is 12.9 Å². The molecule has 1 aromatic heterocycles. The highest BCUT2D eigenvalue weighted by Gasteiger charge is 2.01.